The quantitative estimate of drug-likeness (QED) is 0.162. The third kappa shape index (κ3) is 5.53. The van der Waals surface area contributed by atoms with Crippen LogP contribution in [0.2, 0.25) is 0 Å². The van der Waals surface area contributed by atoms with Crippen molar-refractivity contribution in [2.45, 2.75) is 76.7 Å². The van der Waals surface area contributed by atoms with E-state index < -0.39 is 12.1 Å². The molecule has 0 radical (unpaired) electrons. The van der Waals surface area contributed by atoms with Gasteiger partial charge in [-0.1, -0.05) is 44.2 Å². The van der Waals surface area contributed by atoms with Gasteiger partial charge in [0.2, 0.25) is 5.91 Å². The van der Waals surface area contributed by atoms with Crippen LogP contribution in [0.25, 0.3) is 44.5 Å². The van der Waals surface area contributed by atoms with Crippen molar-refractivity contribution in [3.05, 3.63) is 78.0 Å². The SMILES string of the molecule is COC(=O)N[C@H](C(=O)N1CCC[C@H]1c1ncc(-c2ccc3c(c2)COc2cc(-c4ccc5nc([C@@H]6[C@H]7CC[C@H](C7)N6C)[nH]c5c4)ccc2-3)[nH]1)C(C)C. The summed E-state index contributed by atoms with van der Waals surface area (Å²) < 4.78 is 11.1. The molecule has 3 fully saturated rings. The molecule has 2 saturated heterocycles. The van der Waals surface area contributed by atoms with Crippen LogP contribution in [-0.4, -0.2) is 74.5 Å². The van der Waals surface area contributed by atoms with Crippen LogP contribution < -0.4 is 10.1 Å². The second kappa shape index (κ2) is 12.8. The van der Waals surface area contributed by atoms with Crippen LogP contribution in [0.5, 0.6) is 5.75 Å². The molecule has 5 atom stereocenters. The summed E-state index contributed by atoms with van der Waals surface area (Å²) in [6.07, 6.45) is 6.79. The molecule has 1 aliphatic carbocycles. The van der Waals surface area contributed by atoms with E-state index in [4.69, 9.17) is 19.4 Å². The van der Waals surface area contributed by atoms with E-state index in [-0.39, 0.29) is 17.9 Å². The minimum atomic E-state index is -0.672. The number of hydrogen-bond donors (Lipinski definition) is 3. The van der Waals surface area contributed by atoms with E-state index in [1.165, 1.54) is 26.4 Å². The highest BCUT2D eigenvalue weighted by Crippen LogP contribution is 2.49. The number of carbonyl (C=O) groups is 2. The Morgan fingerprint density at radius 2 is 1.77 bits per heavy atom. The number of benzene rings is 3. The maximum Gasteiger partial charge on any atom is 0.407 e. The van der Waals surface area contributed by atoms with E-state index in [2.05, 4.69) is 81.8 Å². The fourth-order valence-corrected chi connectivity index (χ4v) is 9.16. The van der Waals surface area contributed by atoms with Gasteiger partial charge in [0.15, 0.2) is 0 Å². The van der Waals surface area contributed by atoms with Gasteiger partial charge in [0.1, 0.15) is 30.0 Å². The Morgan fingerprint density at radius 1 is 0.962 bits per heavy atom. The van der Waals surface area contributed by atoms with Crippen LogP contribution >= 0.6 is 0 Å². The van der Waals surface area contributed by atoms with Crippen LogP contribution in [0.4, 0.5) is 4.79 Å². The van der Waals surface area contributed by atoms with Gasteiger partial charge < -0.3 is 29.7 Å². The Labute approximate surface area is 303 Å². The molecule has 0 spiro atoms. The monoisotopic (exact) mass is 699 g/mol. The first kappa shape index (κ1) is 32.7. The first-order chi connectivity index (χ1) is 25.2. The standard InChI is InChI=1S/C41H45N7O4/c1-22(2)36(46-41(50)51-4)40(49)48-15-5-6-34(48)38-42-20-33(45-38)25-9-12-29-27(16-25)21-52-35-19-24(8-13-30(29)35)23-10-14-31-32(18-23)44-39(43-31)37-26-7-11-28(17-26)47(37)3/h8-10,12-14,16,18-20,22,26,28,34,36-37H,5-7,11,15,17,21H2,1-4H3,(H,42,45)(H,43,44)(H,46,50)/t26-,28+,34-,36-,37-/m0/s1. The van der Waals surface area contributed by atoms with Crippen molar-refractivity contribution in [2.24, 2.45) is 11.8 Å². The summed E-state index contributed by atoms with van der Waals surface area (Å²) in [6, 6.07) is 19.6. The number of H-pyrrole nitrogens is 2. The highest BCUT2D eigenvalue weighted by atomic mass is 16.5. The number of methoxy groups -OCH3 is 1. The lowest BCUT2D eigenvalue weighted by Gasteiger charge is -2.30. The van der Waals surface area contributed by atoms with E-state index in [0.29, 0.717) is 31.2 Å². The Bertz CT molecular complexity index is 2190. The summed E-state index contributed by atoms with van der Waals surface area (Å²) in [5, 5.41) is 2.71. The van der Waals surface area contributed by atoms with Crippen LogP contribution in [0.3, 0.4) is 0 Å². The highest BCUT2D eigenvalue weighted by Gasteiger charge is 2.46. The summed E-state index contributed by atoms with van der Waals surface area (Å²) in [7, 11) is 3.55. The summed E-state index contributed by atoms with van der Waals surface area (Å²) in [5.74, 6) is 3.21. The average Bonchev–Trinajstić information content (AvgIpc) is 4.01. The number of amides is 2. The first-order valence-electron chi connectivity index (χ1n) is 18.6. The molecule has 11 nitrogen and oxygen atoms in total. The summed E-state index contributed by atoms with van der Waals surface area (Å²) in [4.78, 5) is 46.8. The number of alkyl carbamates (subject to hydrolysis) is 1. The van der Waals surface area contributed by atoms with Gasteiger partial charge in [-0.3, -0.25) is 9.69 Å². The van der Waals surface area contributed by atoms with E-state index >= 15 is 0 Å². The summed E-state index contributed by atoms with van der Waals surface area (Å²) in [5.41, 5.74) is 9.57. The second-order valence-corrected chi connectivity index (χ2v) is 15.3. The van der Waals surface area contributed by atoms with Crippen molar-refractivity contribution in [2.75, 3.05) is 20.7 Å². The number of piperidine rings is 1. The number of imidazole rings is 2. The smallest absolute Gasteiger partial charge is 0.407 e. The molecule has 9 rings (SSSR count). The fourth-order valence-electron chi connectivity index (χ4n) is 9.16. The van der Waals surface area contributed by atoms with Crippen molar-refractivity contribution < 1.29 is 19.1 Å². The summed E-state index contributed by atoms with van der Waals surface area (Å²) in [6.45, 7) is 4.91. The van der Waals surface area contributed by atoms with Gasteiger partial charge in [0.05, 0.1) is 42.1 Å². The molecule has 2 aromatic heterocycles. The third-order valence-corrected chi connectivity index (χ3v) is 11.9. The highest BCUT2D eigenvalue weighted by molar-refractivity contribution is 5.87. The molecule has 1 saturated carbocycles. The molecule has 0 unspecified atom stereocenters. The molecule has 3 aliphatic heterocycles. The maximum atomic E-state index is 13.6. The number of likely N-dealkylation sites (tertiary alicyclic amines) is 2. The van der Waals surface area contributed by atoms with Crippen LogP contribution in [0.1, 0.15) is 75.2 Å². The van der Waals surface area contributed by atoms with Crippen molar-refractivity contribution in [1.29, 1.82) is 0 Å². The topological polar surface area (TPSA) is 128 Å². The third-order valence-electron chi connectivity index (χ3n) is 11.9. The number of nitrogens with zero attached hydrogens (tertiary/aromatic N) is 4. The number of fused-ring (bicyclic) bond motifs is 6. The lowest BCUT2D eigenvalue weighted by molar-refractivity contribution is -0.135. The minimum absolute atomic E-state index is 0.0897. The molecular formula is C41H45N7O4. The maximum absolute atomic E-state index is 13.6. The number of aromatic nitrogens is 4. The van der Waals surface area contributed by atoms with Crippen LogP contribution in [0.15, 0.2) is 60.8 Å². The predicted molar refractivity (Wildman–Crippen MR) is 198 cm³/mol. The lowest BCUT2D eigenvalue weighted by Crippen LogP contribution is -2.51. The molecule has 3 aromatic carbocycles. The number of rotatable bonds is 7. The van der Waals surface area contributed by atoms with Crippen molar-refractivity contribution in [3.8, 4) is 39.3 Å². The Kier molecular flexibility index (Phi) is 8.06. The first-order valence-corrected chi connectivity index (χ1v) is 18.6. The predicted octanol–water partition coefficient (Wildman–Crippen LogP) is 7.38. The Hall–Kier alpha value is -5.16. The van der Waals surface area contributed by atoms with Crippen LogP contribution in [0, 0.1) is 11.8 Å². The lowest BCUT2D eigenvalue weighted by atomic mass is 9.92. The molecule has 2 amide bonds. The zero-order chi connectivity index (χ0) is 35.7. The van der Waals surface area contributed by atoms with Gasteiger partial charge in [0, 0.05) is 18.2 Å². The largest absolute Gasteiger partial charge is 0.488 e. The van der Waals surface area contributed by atoms with E-state index in [0.717, 1.165) is 80.3 Å². The molecule has 5 aromatic rings. The molecule has 268 valence electrons. The molecule has 3 N–H and O–H groups in total. The normalized spacial score (nSPS) is 22.8. The van der Waals surface area contributed by atoms with E-state index in [1.807, 2.05) is 24.9 Å². The van der Waals surface area contributed by atoms with E-state index in [9.17, 15) is 9.59 Å². The number of hydrogen-bond acceptors (Lipinski definition) is 7. The number of nitrogens with one attached hydrogen (secondary N) is 3. The Balaban J connectivity index is 0.928. The zero-order valence-electron chi connectivity index (χ0n) is 30.1. The van der Waals surface area contributed by atoms with Gasteiger partial charge in [-0.15, -0.1) is 0 Å². The Morgan fingerprint density at radius 3 is 2.58 bits per heavy atom. The van der Waals surface area contributed by atoms with Crippen molar-refractivity contribution in [3.63, 3.8) is 0 Å². The molecular weight excluding hydrogens is 654 g/mol. The molecule has 52 heavy (non-hydrogen) atoms. The van der Waals surface area contributed by atoms with E-state index in [1.54, 1.807) is 0 Å². The molecule has 5 heterocycles. The zero-order valence-corrected chi connectivity index (χ0v) is 30.1. The second-order valence-electron chi connectivity index (χ2n) is 15.3. The van der Waals surface area contributed by atoms with Crippen molar-refractivity contribution >= 4 is 23.0 Å². The molecule has 2 bridgehead atoms. The molecule has 11 heteroatoms. The summed E-state index contributed by atoms with van der Waals surface area (Å²) >= 11 is 0. The van der Waals surface area contributed by atoms with Gasteiger partial charge >= 0.3 is 6.09 Å². The van der Waals surface area contributed by atoms with Crippen LogP contribution in [-0.2, 0) is 16.1 Å². The minimum Gasteiger partial charge on any atom is -0.488 e. The van der Waals surface area contributed by atoms with Crippen molar-refractivity contribution in [1.82, 2.24) is 35.1 Å². The van der Waals surface area contributed by atoms with Gasteiger partial charge in [-0.25, -0.2) is 14.8 Å². The molecule has 4 aliphatic rings. The number of carbonyl (C=O) groups excluding carboxylic acids is 2. The van der Waals surface area contributed by atoms with Gasteiger partial charge in [-0.05, 0) is 103 Å². The van der Waals surface area contributed by atoms with Gasteiger partial charge in [0.25, 0.3) is 0 Å². The number of ether oxygens (including phenoxy) is 2. The average molecular weight is 700 g/mol. The fraction of sp³-hybridized carbons (Fsp3) is 0.415. The number of aromatic amines is 2. The van der Waals surface area contributed by atoms with Gasteiger partial charge in [-0.2, -0.15) is 0 Å².